The van der Waals surface area contributed by atoms with E-state index in [2.05, 4.69) is 32.2 Å². The molecule has 1 fully saturated rings. The Kier molecular flexibility index (Phi) is 8.96. The summed E-state index contributed by atoms with van der Waals surface area (Å²) >= 11 is 0. The Balaban J connectivity index is 1.46. The summed E-state index contributed by atoms with van der Waals surface area (Å²) in [6, 6.07) is 12.4. The van der Waals surface area contributed by atoms with Gasteiger partial charge in [0.1, 0.15) is 11.5 Å². The predicted molar refractivity (Wildman–Crippen MR) is 137 cm³/mol. The number of benzene rings is 2. The summed E-state index contributed by atoms with van der Waals surface area (Å²) in [5.41, 5.74) is 2.64. The average Bonchev–Trinajstić information content (AvgIpc) is 2.83. The van der Waals surface area contributed by atoms with E-state index in [9.17, 15) is 14.4 Å². The molecule has 0 unspecified atom stereocenters. The lowest BCUT2D eigenvalue weighted by Gasteiger charge is -2.32. The fourth-order valence-corrected chi connectivity index (χ4v) is 4.09. The lowest BCUT2D eigenvalue weighted by molar-refractivity contribution is -0.124. The number of likely N-dealkylation sites (tertiary alicyclic amines) is 1. The van der Waals surface area contributed by atoms with Gasteiger partial charge >= 0.3 is 6.16 Å². The van der Waals surface area contributed by atoms with Crippen molar-refractivity contribution in [3.63, 3.8) is 0 Å². The van der Waals surface area contributed by atoms with Crippen LogP contribution in [0.2, 0.25) is 0 Å². The molecule has 2 aromatic rings. The van der Waals surface area contributed by atoms with E-state index < -0.39 is 6.16 Å². The highest BCUT2D eigenvalue weighted by molar-refractivity contribution is 5.94. The van der Waals surface area contributed by atoms with Crippen molar-refractivity contribution in [2.75, 3.05) is 26.3 Å². The number of hydrogen-bond donors (Lipinski definition) is 1. The first-order valence-corrected chi connectivity index (χ1v) is 12.3. The Morgan fingerprint density at radius 3 is 2.31 bits per heavy atom. The van der Waals surface area contributed by atoms with Crippen LogP contribution < -0.4 is 14.8 Å². The SMILES string of the molecule is CCOC(=O)Oc1ccc(C(=O)N2CCC(NC(=O)COc3ccc(C)cc3C(C)(C)C)CC2)cc1. The lowest BCUT2D eigenvalue weighted by Crippen LogP contribution is -2.47. The Morgan fingerprint density at radius 1 is 1.03 bits per heavy atom. The van der Waals surface area contributed by atoms with Crippen molar-refractivity contribution in [1.29, 1.82) is 0 Å². The van der Waals surface area contributed by atoms with Gasteiger partial charge in [-0.25, -0.2) is 4.79 Å². The molecule has 0 saturated carbocycles. The second-order valence-electron chi connectivity index (χ2n) is 9.98. The number of rotatable bonds is 7. The number of nitrogens with zero attached hydrogens (tertiary/aromatic N) is 1. The van der Waals surface area contributed by atoms with Gasteiger partial charge in [0.05, 0.1) is 6.61 Å². The zero-order valence-corrected chi connectivity index (χ0v) is 21.8. The van der Waals surface area contributed by atoms with Gasteiger partial charge in [0.25, 0.3) is 11.8 Å². The van der Waals surface area contributed by atoms with Crippen LogP contribution in [0.4, 0.5) is 4.79 Å². The minimum Gasteiger partial charge on any atom is -0.483 e. The van der Waals surface area contributed by atoms with Crippen molar-refractivity contribution in [2.24, 2.45) is 0 Å². The van der Waals surface area contributed by atoms with E-state index in [0.717, 1.165) is 16.9 Å². The fraction of sp³-hybridized carbons (Fsp3) is 0.464. The molecular formula is C28H36N2O6. The number of piperidine rings is 1. The highest BCUT2D eigenvalue weighted by atomic mass is 16.7. The minimum atomic E-state index is -0.778. The molecule has 1 N–H and O–H groups in total. The quantitative estimate of drug-likeness (QED) is 0.444. The molecule has 0 aromatic heterocycles. The fourth-order valence-electron chi connectivity index (χ4n) is 4.09. The molecule has 3 rings (SSSR count). The van der Waals surface area contributed by atoms with Gasteiger partial charge in [-0.05, 0) is 68.0 Å². The number of amides is 2. The molecule has 0 radical (unpaired) electrons. The zero-order valence-electron chi connectivity index (χ0n) is 21.8. The van der Waals surface area contributed by atoms with E-state index in [0.29, 0.717) is 37.2 Å². The average molecular weight is 497 g/mol. The summed E-state index contributed by atoms with van der Waals surface area (Å²) in [5.74, 6) is 0.772. The molecule has 8 nitrogen and oxygen atoms in total. The third-order valence-corrected chi connectivity index (χ3v) is 6.01. The van der Waals surface area contributed by atoms with Gasteiger partial charge in [-0.1, -0.05) is 38.5 Å². The van der Waals surface area contributed by atoms with Crippen molar-refractivity contribution in [3.8, 4) is 11.5 Å². The summed E-state index contributed by atoms with van der Waals surface area (Å²) in [7, 11) is 0. The lowest BCUT2D eigenvalue weighted by atomic mass is 9.85. The summed E-state index contributed by atoms with van der Waals surface area (Å²) in [6.45, 7) is 11.4. The summed E-state index contributed by atoms with van der Waals surface area (Å²) in [4.78, 5) is 38.6. The van der Waals surface area contributed by atoms with Crippen molar-refractivity contribution in [3.05, 3.63) is 59.2 Å². The Morgan fingerprint density at radius 2 is 1.69 bits per heavy atom. The van der Waals surface area contributed by atoms with E-state index in [-0.39, 0.29) is 36.5 Å². The van der Waals surface area contributed by atoms with Crippen LogP contribution in [0, 0.1) is 6.92 Å². The summed E-state index contributed by atoms with van der Waals surface area (Å²) < 4.78 is 15.6. The molecule has 36 heavy (non-hydrogen) atoms. The van der Waals surface area contributed by atoms with Crippen LogP contribution in [0.3, 0.4) is 0 Å². The molecule has 1 heterocycles. The molecular weight excluding hydrogens is 460 g/mol. The van der Waals surface area contributed by atoms with Crippen LogP contribution in [0.5, 0.6) is 11.5 Å². The number of ether oxygens (including phenoxy) is 3. The maximum absolute atomic E-state index is 12.8. The topological polar surface area (TPSA) is 94.2 Å². The maximum atomic E-state index is 12.8. The Labute approximate surface area is 212 Å². The predicted octanol–water partition coefficient (Wildman–Crippen LogP) is 4.63. The van der Waals surface area contributed by atoms with Crippen molar-refractivity contribution >= 4 is 18.0 Å². The van der Waals surface area contributed by atoms with Crippen LogP contribution in [0.25, 0.3) is 0 Å². The van der Waals surface area contributed by atoms with Crippen molar-refractivity contribution in [1.82, 2.24) is 10.2 Å². The molecule has 0 atom stereocenters. The number of nitrogens with one attached hydrogen (secondary N) is 1. The van der Waals surface area contributed by atoms with Crippen molar-refractivity contribution in [2.45, 2.75) is 58.9 Å². The number of carbonyl (C=O) groups excluding carboxylic acids is 3. The van der Waals surface area contributed by atoms with Crippen LogP contribution in [-0.4, -0.2) is 55.2 Å². The second kappa shape index (κ2) is 11.9. The molecule has 8 heteroatoms. The van der Waals surface area contributed by atoms with E-state index >= 15 is 0 Å². The van der Waals surface area contributed by atoms with Gasteiger partial charge in [-0.3, -0.25) is 9.59 Å². The highest BCUT2D eigenvalue weighted by Gasteiger charge is 2.25. The standard InChI is InChI=1S/C28H36N2O6/c1-6-34-27(33)36-22-10-8-20(9-11-22)26(32)30-15-13-21(14-16-30)29-25(31)18-35-24-12-7-19(2)17-23(24)28(3,4)5/h7-12,17,21H,6,13-16,18H2,1-5H3,(H,29,31). The van der Waals surface area contributed by atoms with Gasteiger partial charge in [0, 0.05) is 24.7 Å². The van der Waals surface area contributed by atoms with Crippen LogP contribution in [-0.2, 0) is 14.9 Å². The van der Waals surface area contributed by atoms with E-state index in [1.54, 1.807) is 36.1 Å². The van der Waals surface area contributed by atoms with E-state index in [4.69, 9.17) is 14.2 Å². The number of carbonyl (C=O) groups is 3. The molecule has 1 aliphatic heterocycles. The minimum absolute atomic E-state index is 0.00870. The molecule has 2 aromatic carbocycles. The summed E-state index contributed by atoms with van der Waals surface area (Å²) in [5, 5.41) is 3.03. The van der Waals surface area contributed by atoms with Crippen LogP contribution in [0.15, 0.2) is 42.5 Å². The smallest absolute Gasteiger partial charge is 0.483 e. The molecule has 2 amide bonds. The zero-order chi connectivity index (χ0) is 26.3. The van der Waals surface area contributed by atoms with Crippen LogP contribution in [0.1, 0.15) is 62.0 Å². The third kappa shape index (κ3) is 7.47. The van der Waals surface area contributed by atoms with Crippen LogP contribution >= 0.6 is 0 Å². The van der Waals surface area contributed by atoms with E-state index in [1.807, 2.05) is 19.1 Å². The van der Waals surface area contributed by atoms with E-state index in [1.165, 1.54) is 0 Å². The third-order valence-electron chi connectivity index (χ3n) is 6.01. The molecule has 1 aliphatic rings. The van der Waals surface area contributed by atoms with Gasteiger partial charge < -0.3 is 24.4 Å². The molecule has 0 spiro atoms. The van der Waals surface area contributed by atoms with Gasteiger partial charge in [-0.15, -0.1) is 0 Å². The Hall–Kier alpha value is -3.55. The Bertz CT molecular complexity index is 1070. The summed E-state index contributed by atoms with van der Waals surface area (Å²) in [6.07, 6.45) is 0.554. The first-order valence-electron chi connectivity index (χ1n) is 12.3. The van der Waals surface area contributed by atoms with Gasteiger partial charge in [0.2, 0.25) is 0 Å². The molecule has 194 valence electrons. The molecule has 0 bridgehead atoms. The first-order chi connectivity index (χ1) is 17.1. The maximum Gasteiger partial charge on any atom is 0.513 e. The van der Waals surface area contributed by atoms with Gasteiger partial charge in [-0.2, -0.15) is 0 Å². The number of hydrogen-bond acceptors (Lipinski definition) is 6. The van der Waals surface area contributed by atoms with Crippen molar-refractivity contribution < 1.29 is 28.6 Å². The normalized spacial score (nSPS) is 14.2. The molecule has 1 saturated heterocycles. The first kappa shape index (κ1) is 27.0. The highest BCUT2D eigenvalue weighted by Crippen LogP contribution is 2.32. The monoisotopic (exact) mass is 496 g/mol. The largest absolute Gasteiger partial charge is 0.513 e. The second-order valence-corrected chi connectivity index (χ2v) is 9.98. The number of aryl methyl sites for hydroxylation is 1. The molecule has 0 aliphatic carbocycles. The van der Waals surface area contributed by atoms with Gasteiger partial charge in [0.15, 0.2) is 6.61 Å².